The number of nitrogens with zero attached hydrogens (tertiary/aromatic N) is 2. The quantitative estimate of drug-likeness (QED) is 0.507. The number of aryl methyl sites for hydroxylation is 1. The number of hydrazine groups is 1. The van der Waals surface area contributed by atoms with Crippen LogP contribution in [0.4, 0.5) is 10.2 Å². The molecule has 94 valence electrons. The molecule has 0 amide bonds. The lowest BCUT2D eigenvalue weighted by atomic mass is 10.3. The summed E-state index contributed by atoms with van der Waals surface area (Å²) in [5.74, 6) is 6.39. The Morgan fingerprint density at radius 2 is 1.83 bits per heavy atom. The first-order valence-electron chi connectivity index (χ1n) is 5.35. The van der Waals surface area contributed by atoms with Gasteiger partial charge in [0.15, 0.2) is 0 Å². The molecule has 0 saturated heterocycles. The fourth-order valence-corrected chi connectivity index (χ4v) is 2.38. The van der Waals surface area contributed by atoms with Gasteiger partial charge in [-0.25, -0.2) is 20.2 Å². The average molecular weight is 264 g/mol. The van der Waals surface area contributed by atoms with E-state index in [9.17, 15) is 4.39 Å². The van der Waals surface area contributed by atoms with E-state index in [1.54, 1.807) is 19.1 Å². The molecule has 1 aromatic heterocycles. The molecule has 0 fully saturated rings. The number of nitrogens with one attached hydrogen (secondary N) is 1. The predicted octanol–water partition coefficient (Wildman–Crippen LogP) is 2.67. The third-order valence-electron chi connectivity index (χ3n) is 2.38. The summed E-state index contributed by atoms with van der Waals surface area (Å²) >= 11 is 1.45. The van der Waals surface area contributed by atoms with Crippen LogP contribution in [0.2, 0.25) is 0 Å². The van der Waals surface area contributed by atoms with Gasteiger partial charge in [-0.1, -0.05) is 11.8 Å². The van der Waals surface area contributed by atoms with Crippen molar-refractivity contribution in [1.29, 1.82) is 0 Å². The molecule has 0 spiro atoms. The van der Waals surface area contributed by atoms with Crippen LogP contribution >= 0.6 is 11.8 Å². The zero-order valence-electron chi connectivity index (χ0n) is 10.1. The van der Waals surface area contributed by atoms with Crippen molar-refractivity contribution in [1.82, 2.24) is 9.97 Å². The van der Waals surface area contributed by atoms with Crippen LogP contribution in [0.25, 0.3) is 0 Å². The van der Waals surface area contributed by atoms with Crippen LogP contribution in [-0.2, 0) is 0 Å². The summed E-state index contributed by atoms with van der Waals surface area (Å²) in [4.78, 5) is 9.47. The summed E-state index contributed by atoms with van der Waals surface area (Å²) < 4.78 is 12.8. The van der Waals surface area contributed by atoms with Gasteiger partial charge >= 0.3 is 0 Å². The Labute approximate surface area is 109 Å². The standard InChI is InChI=1S/C12H13FN4S/c1-7-11(17-14)15-8(2)16-12(7)18-10-5-3-9(13)4-6-10/h3-6H,14H2,1-2H3,(H,15,16,17). The molecule has 0 aliphatic heterocycles. The van der Waals surface area contributed by atoms with Gasteiger partial charge in [0.1, 0.15) is 22.5 Å². The molecule has 2 rings (SSSR count). The van der Waals surface area contributed by atoms with Crippen LogP contribution in [0, 0.1) is 19.7 Å². The lowest BCUT2D eigenvalue weighted by molar-refractivity contribution is 0.626. The Morgan fingerprint density at radius 1 is 1.17 bits per heavy atom. The molecular weight excluding hydrogens is 251 g/mol. The SMILES string of the molecule is Cc1nc(NN)c(C)c(Sc2ccc(F)cc2)n1. The molecule has 0 bridgehead atoms. The van der Waals surface area contributed by atoms with Crippen LogP contribution < -0.4 is 11.3 Å². The highest BCUT2D eigenvalue weighted by Gasteiger charge is 2.09. The first kappa shape index (κ1) is 12.8. The Hall–Kier alpha value is -1.66. The maximum Gasteiger partial charge on any atom is 0.147 e. The topological polar surface area (TPSA) is 63.8 Å². The Balaban J connectivity index is 2.34. The van der Waals surface area contributed by atoms with Crippen molar-refractivity contribution in [2.75, 3.05) is 5.43 Å². The molecule has 0 aliphatic rings. The van der Waals surface area contributed by atoms with E-state index >= 15 is 0 Å². The number of hydrogen-bond acceptors (Lipinski definition) is 5. The van der Waals surface area contributed by atoms with Gasteiger partial charge in [-0.3, -0.25) is 0 Å². The van der Waals surface area contributed by atoms with E-state index in [0.717, 1.165) is 15.5 Å². The van der Waals surface area contributed by atoms with Gasteiger partial charge in [0, 0.05) is 10.5 Å². The predicted molar refractivity (Wildman–Crippen MR) is 69.8 cm³/mol. The highest BCUT2D eigenvalue weighted by Crippen LogP contribution is 2.30. The second-order valence-corrected chi connectivity index (χ2v) is 4.81. The minimum atomic E-state index is -0.251. The number of nitrogens with two attached hydrogens (primary N) is 1. The summed E-state index contributed by atoms with van der Waals surface area (Å²) in [6, 6.07) is 6.28. The largest absolute Gasteiger partial charge is 0.308 e. The third kappa shape index (κ3) is 2.77. The number of rotatable bonds is 3. The summed E-state index contributed by atoms with van der Waals surface area (Å²) in [5.41, 5.74) is 3.42. The number of nitrogen functional groups attached to an aromatic ring is 1. The van der Waals surface area contributed by atoms with E-state index in [1.807, 2.05) is 6.92 Å². The molecule has 2 aromatic rings. The number of benzene rings is 1. The molecule has 0 radical (unpaired) electrons. The number of halogens is 1. The molecule has 0 atom stereocenters. The van der Waals surface area contributed by atoms with Gasteiger partial charge in [0.25, 0.3) is 0 Å². The zero-order chi connectivity index (χ0) is 13.1. The van der Waals surface area contributed by atoms with Gasteiger partial charge in [0.05, 0.1) is 0 Å². The lowest BCUT2D eigenvalue weighted by Crippen LogP contribution is -2.12. The van der Waals surface area contributed by atoms with Gasteiger partial charge in [-0.05, 0) is 38.1 Å². The fourth-order valence-electron chi connectivity index (χ4n) is 1.46. The van der Waals surface area contributed by atoms with Crippen molar-refractivity contribution < 1.29 is 4.39 Å². The Bertz CT molecular complexity index is 557. The molecule has 18 heavy (non-hydrogen) atoms. The summed E-state index contributed by atoms with van der Waals surface area (Å²) in [5, 5.41) is 0.807. The van der Waals surface area contributed by atoms with Crippen LogP contribution in [-0.4, -0.2) is 9.97 Å². The van der Waals surface area contributed by atoms with Gasteiger partial charge < -0.3 is 5.43 Å². The third-order valence-corrected chi connectivity index (χ3v) is 3.48. The minimum absolute atomic E-state index is 0.251. The number of aromatic nitrogens is 2. The Kier molecular flexibility index (Phi) is 3.78. The van der Waals surface area contributed by atoms with Crippen LogP contribution in [0.3, 0.4) is 0 Å². The average Bonchev–Trinajstić information content (AvgIpc) is 2.36. The van der Waals surface area contributed by atoms with E-state index in [0.29, 0.717) is 11.6 Å². The highest BCUT2D eigenvalue weighted by molar-refractivity contribution is 7.99. The number of hydrogen-bond donors (Lipinski definition) is 2. The molecule has 4 nitrogen and oxygen atoms in total. The smallest absolute Gasteiger partial charge is 0.147 e. The normalized spacial score (nSPS) is 10.4. The molecule has 0 saturated carbocycles. The summed E-state index contributed by atoms with van der Waals surface area (Å²) in [7, 11) is 0. The van der Waals surface area contributed by atoms with E-state index in [4.69, 9.17) is 5.84 Å². The van der Waals surface area contributed by atoms with Crippen LogP contribution in [0.5, 0.6) is 0 Å². The first-order chi connectivity index (χ1) is 8.60. The first-order valence-corrected chi connectivity index (χ1v) is 6.17. The van der Waals surface area contributed by atoms with E-state index in [1.165, 1.54) is 23.9 Å². The van der Waals surface area contributed by atoms with Crippen molar-refractivity contribution in [2.45, 2.75) is 23.8 Å². The molecule has 1 aromatic carbocycles. The molecule has 3 N–H and O–H groups in total. The van der Waals surface area contributed by atoms with Gasteiger partial charge in [0.2, 0.25) is 0 Å². The second-order valence-electron chi connectivity index (χ2n) is 3.75. The molecular formula is C12H13FN4S. The van der Waals surface area contributed by atoms with Gasteiger partial charge in [-0.2, -0.15) is 0 Å². The van der Waals surface area contributed by atoms with Crippen LogP contribution in [0.15, 0.2) is 34.2 Å². The van der Waals surface area contributed by atoms with E-state index < -0.39 is 0 Å². The molecule has 0 unspecified atom stereocenters. The summed E-state index contributed by atoms with van der Waals surface area (Å²) in [6.45, 7) is 3.69. The number of anilines is 1. The second kappa shape index (κ2) is 5.32. The highest BCUT2D eigenvalue weighted by atomic mass is 32.2. The summed E-state index contributed by atoms with van der Waals surface area (Å²) in [6.07, 6.45) is 0. The van der Waals surface area contributed by atoms with Crippen molar-refractivity contribution in [3.05, 3.63) is 41.5 Å². The van der Waals surface area contributed by atoms with Crippen molar-refractivity contribution >= 4 is 17.6 Å². The van der Waals surface area contributed by atoms with Crippen molar-refractivity contribution in [3.63, 3.8) is 0 Å². The Morgan fingerprint density at radius 3 is 2.44 bits per heavy atom. The maximum atomic E-state index is 12.8. The van der Waals surface area contributed by atoms with Gasteiger partial charge in [-0.15, -0.1) is 0 Å². The zero-order valence-corrected chi connectivity index (χ0v) is 10.9. The van der Waals surface area contributed by atoms with Crippen molar-refractivity contribution in [2.24, 2.45) is 5.84 Å². The van der Waals surface area contributed by atoms with Crippen molar-refractivity contribution in [3.8, 4) is 0 Å². The van der Waals surface area contributed by atoms with E-state index in [2.05, 4.69) is 15.4 Å². The fraction of sp³-hybridized carbons (Fsp3) is 0.167. The maximum absolute atomic E-state index is 12.8. The van der Waals surface area contributed by atoms with E-state index in [-0.39, 0.29) is 5.82 Å². The molecule has 0 aliphatic carbocycles. The molecule has 1 heterocycles. The molecule has 6 heteroatoms. The van der Waals surface area contributed by atoms with Crippen LogP contribution in [0.1, 0.15) is 11.4 Å². The minimum Gasteiger partial charge on any atom is -0.308 e. The lowest BCUT2D eigenvalue weighted by Gasteiger charge is -2.10. The monoisotopic (exact) mass is 264 g/mol.